The van der Waals surface area contributed by atoms with E-state index in [1.54, 1.807) is 0 Å². The fraction of sp³-hybridized carbons (Fsp3) is 0.333. The van der Waals surface area contributed by atoms with Gasteiger partial charge in [0.05, 0.1) is 0 Å². The molecule has 2 heterocycles. The third kappa shape index (κ3) is 6.88. The second-order valence-electron chi connectivity index (χ2n) is 8.01. The monoisotopic (exact) mass is 498 g/mol. The lowest BCUT2D eigenvalue weighted by atomic mass is 9.90. The smallest absolute Gasteiger partial charge is 0.322 e. The molecule has 0 aliphatic carbocycles. The van der Waals surface area contributed by atoms with Gasteiger partial charge in [0, 0.05) is 37.8 Å². The minimum Gasteiger partial charge on any atom is -0.480 e. The molecule has 0 unspecified atom stereocenters. The third-order valence-electron chi connectivity index (χ3n) is 5.62. The van der Waals surface area contributed by atoms with Gasteiger partial charge in [-0.25, -0.2) is 13.4 Å². The summed E-state index contributed by atoms with van der Waals surface area (Å²) in [5.74, 6) is 0.583. The van der Waals surface area contributed by atoms with Crippen molar-refractivity contribution in [2.75, 3.05) is 25.0 Å². The predicted octanol–water partition coefficient (Wildman–Crippen LogP) is 1.82. The summed E-state index contributed by atoms with van der Waals surface area (Å²) in [6.45, 7) is 0.107. The normalized spacial score (nSPS) is 14.6. The van der Waals surface area contributed by atoms with Crippen LogP contribution in [0.2, 0.25) is 0 Å². The van der Waals surface area contributed by atoms with E-state index in [9.17, 15) is 22.8 Å². The first-order chi connectivity index (χ1) is 16.7. The maximum atomic E-state index is 13.0. The lowest BCUT2D eigenvalue weighted by molar-refractivity contribution is -0.135. The zero-order valence-electron chi connectivity index (χ0n) is 18.9. The Morgan fingerprint density at radius 2 is 1.80 bits per heavy atom. The number of anilines is 1. The summed E-state index contributed by atoms with van der Waals surface area (Å²) in [6.07, 6.45) is 8.20. The lowest BCUT2D eigenvalue weighted by Gasteiger charge is -2.31. The summed E-state index contributed by atoms with van der Waals surface area (Å²) >= 11 is 0. The Kier molecular flexibility index (Phi) is 8.57. The number of pyridine rings is 1. The number of carboxylic acid groups (broad SMARTS) is 1. The topological polar surface area (TPSA) is 146 Å². The van der Waals surface area contributed by atoms with E-state index in [0.717, 1.165) is 11.8 Å². The van der Waals surface area contributed by atoms with Crippen LogP contribution in [0, 0.1) is 12.3 Å². The van der Waals surface area contributed by atoms with Gasteiger partial charge in [-0.3, -0.25) is 14.4 Å². The molecule has 2 amide bonds. The summed E-state index contributed by atoms with van der Waals surface area (Å²) < 4.78 is 27.4. The number of carboxylic acids is 1. The maximum Gasteiger partial charge on any atom is 0.322 e. The molecular weight excluding hydrogens is 472 g/mol. The van der Waals surface area contributed by atoms with Gasteiger partial charge >= 0.3 is 5.97 Å². The van der Waals surface area contributed by atoms with E-state index in [0.29, 0.717) is 38.0 Å². The van der Waals surface area contributed by atoms with Crippen LogP contribution in [0.3, 0.4) is 0 Å². The molecule has 0 bridgehead atoms. The van der Waals surface area contributed by atoms with Crippen LogP contribution in [-0.4, -0.2) is 60.2 Å². The number of benzene rings is 1. The van der Waals surface area contributed by atoms with Gasteiger partial charge in [0.1, 0.15) is 17.1 Å². The van der Waals surface area contributed by atoms with Crippen LogP contribution >= 0.6 is 0 Å². The molecule has 11 heteroatoms. The molecule has 35 heavy (non-hydrogen) atoms. The fourth-order valence-electron chi connectivity index (χ4n) is 3.74. The average molecular weight is 499 g/mol. The third-order valence-corrected chi connectivity index (χ3v) is 7.51. The number of hydrogen-bond acceptors (Lipinski definition) is 6. The van der Waals surface area contributed by atoms with Gasteiger partial charge in [-0.1, -0.05) is 12.1 Å². The molecule has 1 aromatic carbocycles. The molecule has 1 saturated heterocycles. The van der Waals surface area contributed by atoms with E-state index in [4.69, 9.17) is 11.5 Å². The van der Waals surface area contributed by atoms with E-state index < -0.39 is 28.4 Å². The van der Waals surface area contributed by atoms with Gasteiger partial charge < -0.3 is 15.7 Å². The Hall–Kier alpha value is -3.75. The Morgan fingerprint density at radius 3 is 2.37 bits per heavy atom. The average Bonchev–Trinajstić information content (AvgIpc) is 2.86. The van der Waals surface area contributed by atoms with Crippen LogP contribution in [0.15, 0.2) is 47.5 Å². The molecule has 1 aliphatic rings. The Morgan fingerprint density at radius 1 is 1.11 bits per heavy atom. The second-order valence-corrected chi connectivity index (χ2v) is 9.95. The number of rotatable bonds is 9. The van der Waals surface area contributed by atoms with E-state index in [1.165, 1.54) is 16.4 Å². The van der Waals surface area contributed by atoms with Gasteiger partial charge in [-0.2, -0.15) is 4.31 Å². The molecular formula is C24H26N4O6S. The van der Waals surface area contributed by atoms with E-state index >= 15 is 0 Å². The van der Waals surface area contributed by atoms with Crippen LogP contribution in [0.5, 0.6) is 0 Å². The zero-order chi connectivity index (χ0) is 25.4. The van der Waals surface area contributed by atoms with Crippen molar-refractivity contribution in [3.63, 3.8) is 0 Å². The van der Waals surface area contributed by atoms with Gasteiger partial charge in [-0.05, 0) is 48.6 Å². The standard InChI is InChI=1S/C24H26N4O6S/c1-2-3-4-22(29)27-19-7-5-17(6-8-19)18-11-13-28(14-12-18)35(33,34)20-9-10-21(25-15-20)24(32)26-16-23(30)31/h1,5-10,15,18H,3-4,11-14,16H2,(H,26,32)(H,27,29)(H,30,31). The highest BCUT2D eigenvalue weighted by atomic mass is 32.2. The zero-order valence-corrected chi connectivity index (χ0v) is 19.8. The van der Waals surface area contributed by atoms with Gasteiger partial charge in [0.15, 0.2) is 0 Å². The SMILES string of the molecule is C#CCCC(=O)Nc1ccc(C2CCN(S(=O)(=O)c3ccc(C(=O)NCC(=O)O)nc3)CC2)cc1. The number of nitrogens with one attached hydrogen (secondary N) is 2. The van der Waals surface area contributed by atoms with Crippen molar-refractivity contribution in [1.29, 1.82) is 0 Å². The van der Waals surface area contributed by atoms with Crippen molar-refractivity contribution in [2.45, 2.75) is 36.5 Å². The summed E-state index contributed by atoms with van der Waals surface area (Å²) in [7, 11) is -3.78. The molecule has 10 nitrogen and oxygen atoms in total. The first-order valence-corrected chi connectivity index (χ1v) is 12.4. The van der Waals surface area contributed by atoms with Crippen molar-refractivity contribution in [1.82, 2.24) is 14.6 Å². The predicted molar refractivity (Wildman–Crippen MR) is 128 cm³/mol. The Bertz CT molecular complexity index is 1210. The first kappa shape index (κ1) is 25.9. The molecule has 1 aliphatic heterocycles. The quantitative estimate of drug-likeness (QED) is 0.447. The maximum absolute atomic E-state index is 13.0. The van der Waals surface area contributed by atoms with Crippen molar-refractivity contribution in [2.24, 2.45) is 0 Å². The molecule has 3 N–H and O–H groups in total. The fourth-order valence-corrected chi connectivity index (χ4v) is 5.16. The van der Waals surface area contributed by atoms with Crippen molar-refractivity contribution >= 4 is 33.5 Å². The van der Waals surface area contributed by atoms with E-state index in [-0.39, 0.29) is 28.8 Å². The summed E-state index contributed by atoms with van der Waals surface area (Å²) in [5, 5.41) is 13.6. The van der Waals surface area contributed by atoms with Crippen LogP contribution in [0.25, 0.3) is 0 Å². The first-order valence-electron chi connectivity index (χ1n) is 11.0. The number of carbonyl (C=O) groups excluding carboxylic acids is 2. The molecule has 184 valence electrons. The van der Waals surface area contributed by atoms with Crippen molar-refractivity contribution < 1.29 is 27.9 Å². The largest absolute Gasteiger partial charge is 0.480 e. The lowest BCUT2D eigenvalue weighted by Crippen LogP contribution is -2.38. The van der Waals surface area contributed by atoms with Crippen molar-refractivity contribution in [3.8, 4) is 12.3 Å². The number of aromatic nitrogens is 1. The number of piperidine rings is 1. The van der Waals surface area contributed by atoms with Gasteiger partial charge in [0.2, 0.25) is 15.9 Å². The number of hydrogen-bond donors (Lipinski definition) is 3. The highest BCUT2D eigenvalue weighted by Gasteiger charge is 2.30. The molecule has 2 aromatic rings. The number of sulfonamides is 1. The number of carbonyl (C=O) groups is 3. The van der Waals surface area contributed by atoms with Gasteiger partial charge in [-0.15, -0.1) is 12.3 Å². The molecule has 3 rings (SSSR count). The van der Waals surface area contributed by atoms with E-state index in [1.807, 2.05) is 24.3 Å². The molecule has 0 spiro atoms. The number of amides is 2. The minimum atomic E-state index is -3.78. The number of aliphatic carboxylic acids is 1. The van der Waals surface area contributed by atoms with Crippen LogP contribution in [-0.2, 0) is 19.6 Å². The van der Waals surface area contributed by atoms with Gasteiger partial charge in [0.25, 0.3) is 5.91 Å². The van der Waals surface area contributed by atoms with Crippen LogP contribution < -0.4 is 10.6 Å². The molecule has 0 radical (unpaired) electrons. The summed E-state index contributed by atoms with van der Waals surface area (Å²) in [4.78, 5) is 38.1. The second kappa shape index (κ2) is 11.6. The highest BCUT2D eigenvalue weighted by Crippen LogP contribution is 2.31. The van der Waals surface area contributed by atoms with E-state index in [2.05, 4.69) is 21.5 Å². The van der Waals surface area contributed by atoms with Crippen LogP contribution in [0.4, 0.5) is 5.69 Å². The Labute approximate surface area is 203 Å². The summed E-state index contributed by atoms with van der Waals surface area (Å²) in [6, 6.07) is 10.1. The molecule has 0 atom stereocenters. The summed E-state index contributed by atoms with van der Waals surface area (Å²) in [5.41, 5.74) is 1.69. The van der Waals surface area contributed by atoms with Crippen molar-refractivity contribution in [3.05, 3.63) is 53.9 Å². The number of nitrogens with zero attached hydrogens (tertiary/aromatic N) is 2. The highest BCUT2D eigenvalue weighted by molar-refractivity contribution is 7.89. The molecule has 0 saturated carbocycles. The number of terminal acetylenes is 1. The molecule has 1 fully saturated rings. The van der Waals surface area contributed by atoms with Crippen LogP contribution in [0.1, 0.15) is 47.7 Å². The Balaban J connectivity index is 1.57. The minimum absolute atomic E-state index is 0.0318. The molecule has 1 aromatic heterocycles.